The molecule has 8 heteroatoms. The number of nitrogens with one attached hydrogen (secondary N) is 2. The van der Waals surface area contributed by atoms with Gasteiger partial charge in [0.25, 0.3) is 11.8 Å². The molecule has 1 heterocycles. The molecule has 2 N–H and O–H groups in total. The third kappa shape index (κ3) is 5.09. The average molecular weight is 466 g/mol. The molecule has 1 aliphatic rings. The molecular weight excluding hydrogens is 444 g/mol. The normalized spacial score (nSPS) is 13.1. The second-order valence-corrected chi connectivity index (χ2v) is 7.99. The van der Waals surface area contributed by atoms with E-state index >= 15 is 0 Å². The predicted molar refractivity (Wildman–Crippen MR) is 128 cm³/mol. The SMILES string of the molecule is N#CCC(=O)NCc1ccccc1NC(=O)C(Cc1ccccc1)N1C(=O)c2ccccc2C1=O. The second kappa shape index (κ2) is 10.4. The van der Waals surface area contributed by atoms with Gasteiger partial charge in [-0.3, -0.25) is 24.1 Å². The van der Waals surface area contributed by atoms with Crippen molar-refractivity contribution in [2.45, 2.75) is 25.4 Å². The van der Waals surface area contributed by atoms with Crippen LogP contribution in [0.25, 0.3) is 0 Å². The summed E-state index contributed by atoms with van der Waals surface area (Å²) in [6.45, 7) is 0.104. The lowest BCUT2D eigenvalue weighted by Gasteiger charge is -2.26. The molecule has 8 nitrogen and oxygen atoms in total. The fourth-order valence-electron chi connectivity index (χ4n) is 3.97. The Hall–Kier alpha value is -4.77. The molecule has 1 atom stereocenters. The minimum Gasteiger partial charge on any atom is -0.351 e. The molecule has 0 fully saturated rings. The number of rotatable bonds is 8. The van der Waals surface area contributed by atoms with Gasteiger partial charge in [-0.1, -0.05) is 60.7 Å². The lowest BCUT2D eigenvalue weighted by atomic mass is 10.0. The predicted octanol–water partition coefficient (Wildman–Crippen LogP) is 3.06. The van der Waals surface area contributed by atoms with Gasteiger partial charge >= 0.3 is 0 Å². The van der Waals surface area contributed by atoms with Crippen molar-refractivity contribution in [1.29, 1.82) is 5.26 Å². The Labute approximate surface area is 202 Å². The van der Waals surface area contributed by atoms with Crippen LogP contribution in [-0.4, -0.2) is 34.6 Å². The van der Waals surface area contributed by atoms with Crippen molar-refractivity contribution in [3.63, 3.8) is 0 Å². The standard InChI is InChI=1S/C27H22N4O4/c28-15-14-24(32)29-17-19-10-4-7-13-22(19)30-25(33)23(16-18-8-2-1-3-9-18)31-26(34)20-11-5-6-12-21(20)27(31)35/h1-13,23H,14,16-17H2,(H,29,32)(H,30,33). The summed E-state index contributed by atoms with van der Waals surface area (Å²) in [5.74, 6) is -1.99. The number of nitriles is 1. The third-order valence-electron chi connectivity index (χ3n) is 5.70. The molecule has 0 saturated heterocycles. The zero-order chi connectivity index (χ0) is 24.8. The van der Waals surface area contributed by atoms with Gasteiger partial charge in [0.05, 0.1) is 17.2 Å². The summed E-state index contributed by atoms with van der Waals surface area (Å²) in [7, 11) is 0. The Morgan fingerprint density at radius 3 is 2.11 bits per heavy atom. The molecule has 0 aliphatic carbocycles. The number of carbonyl (C=O) groups is 4. The molecule has 4 amide bonds. The van der Waals surface area contributed by atoms with E-state index in [1.807, 2.05) is 30.3 Å². The summed E-state index contributed by atoms with van der Waals surface area (Å²) in [5, 5.41) is 14.1. The minimum absolute atomic E-state index is 0.104. The Morgan fingerprint density at radius 1 is 0.857 bits per heavy atom. The van der Waals surface area contributed by atoms with E-state index < -0.39 is 29.7 Å². The Balaban J connectivity index is 1.62. The van der Waals surface area contributed by atoms with Gasteiger partial charge in [-0.05, 0) is 29.3 Å². The summed E-state index contributed by atoms with van der Waals surface area (Å²) in [6.07, 6.45) is -0.132. The van der Waals surface area contributed by atoms with E-state index in [0.717, 1.165) is 10.5 Å². The van der Waals surface area contributed by atoms with Gasteiger partial charge in [-0.15, -0.1) is 0 Å². The topological polar surface area (TPSA) is 119 Å². The molecule has 1 aliphatic heterocycles. The lowest BCUT2D eigenvalue weighted by Crippen LogP contribution is -2.48. The van der Waals surface area contributed by atoms with Crippen molar-refractivity contribution in [2.75, 3.05) is 5.32 Å². The van der Waals surface area contributed by atoms with Crippen molar-refractivity contribution in [3.05, 3.63) is 101 Å². The van der Waals surface area contributed by atoms with Crippen LogP contribution in [0.15, 0.2) is 78.9 Å². The highest BCUT2D eigenvalue weighted by molar-refractivity contribution is 6.23. The van der Waals surface area contributed by atoms with Crippen LogP contribution < -0.4 is 10.6 Å². The monoisotopic (exact) mass is 466 g/mol. The fraction of sp³-hybridized carbons (Fsp3) is 0.148. The van der Waals surface area contributed by atoms with Crippen molar-refractivity contribution >= 4 is 29.3 Å². The van der Waals surface area contributed by atoms with Crippen LogP contribution in [0.3, 0.4) is 0 Å². The first-order chi connectivity index (χ1) is 17.0. The van der Waals surface area contributed by atoms with Gasteiger partial charge in [-0.25, -0.2) is 0 Å². The zero-order valence-electron chi connectivity index (χ0n) is 18.7. The van der Waals surface area contributed by atoms with Gasteiger partial charge in [0, 0.05) is 18.7 Å². The van der Waals surface area contributed by atoms with Gasteiger partial charge in [-0.2, -0.15) is 5.26 Å². The van der Waals surface area contributed by atoms with E-state index in [1.54, 1.807) is 54.6 Å². The molecule has 0 saturated carbocycles. The van der Waals surface area contributed by atoms with Crippen LogP contribution in [0.5, 0.6) is 0 Å². The second-order valence-electron chi connectivity index (χ2n) is 7.99. The summed E-state index contributed by atoms with van der Waals surface area (Å²) in [5.41, 5.74) is 2.38. The van der Waals surface area contributed by atoms with Crippen molar-refractivity contribution in [3.8, 4) is 6.07 Å². The van der Waals surface area contributed by atoms with Gasteiger partial charge in [0.15, 0.2) is 0 Å². The molecular formula is C27H22N4O4. The number of anilines is 1. The summed E-state index contributed by atoms with van der Waals surface area (Å²) >= 11 is 0. The van der Waals surface area contributed by atoms with Crippen LogP contribution in [0.4, 0.5) is 5.69 Å². The Kier molecular flexibility index (Phi) is 6.98. The van der Waals surface area contributed by atoms with Crippen molar-refractivity contribution in [1.82, 2.24) is 10.2 Å². The number of carbonyl (C=O) groups excluding carboxylic acids is 4. The Morgan fingerprint density at radius 2 is 1.46 bits per heavy atom. The highest BCUT2D eigenvalue weighted by Crippen LogP contribution is 2.27. The number of imide groups is 1. The zero-order valence-corrected chi connectivity index (χ0v) is 18.7. The molecule has 0 aromatic heterocycles. The Bertz CT molecular complexity index is 1300. The van der Waals surface area contributed by atoms with Crippen molar-refractivity contribution in [2.24, 2.45) is 0 Å². The van der Waals surface area contributed by atoms with E-state index in [-0.39, 0.29) is 30.5 Å². The summed E-state index contributed by atoms with van der Waals surface area (Å²) < 4.78 is 0. The number of para-hydroxylation sites is 1. The van der Waals surface area contributed by atoms with Gasteiger partial charge in [0.2, 0.25) is 11.8 Å². The lowest BCUT2D eigenvalue weighted by molar-refractivity contribution is -0.120. The maximum absolute atomic E-state index is 13.6. The fourth-order valence-corrected chi connectivity index (χ4v) is 3.97. The van der Waals surface area contributed by atoms with Crippen LogP contribution >= 0.6 is 0 Å². The number of benzene rings is 3. The molecule has 3 aromatic carbocycles. The molecule has 174 valence electrons. The van der Waals surface area contributed by atoms with Crippen LogP contribution in [0.2, 0.25) is 0 Å². The number of fused-ring (bicyclic) bond motifs is 1. The van der Waals surface area contributed by atoms with Crippen molar-refractivity contribution < 1.29 is 19.2 Å². The highest BCUT2D eigenvalue weighted by atomic mass is 16.2. The maximum atomic E-state index is 13.6. The molecule has 0 spiro atoms. The van der Waals surface area contributed by atoms with Crippen LogP contribution in [0.1, 0.15) is 38.3 Å². The van der Waals surface area contributed by atoms with Gasteiger partial charge < -0.3 is 10.6 Å². The number of hydrogen-bond donors (Lipinski definition) is 2. The van der Waals surface area contributed by atoms with E-state index in [9.17, 15) is 19.2 Å². The molecule has 0 radical (unpaired) electrons. The summed E-state index contributed by atoms with van der Waals surface area (Å²) in [6, 6.07) is 23.2. The molecule has 4 rings (SSSR count). The van der Waals surface area contributed by atoms with E-state index in [0.29, 0.717) is 11.3 Å². The number of nitrogens with zero attached hydrogens (tertiary/aromatic N) is 2. The molecule has 3 aromatic rings. The van der Waals surface area contributed by atoms with E-state index in [2.05, 4.69) is 10.6 Å². The van der Waals surface area contributed by atoms with E-state index in [1.165, 1.54) is 0 Å². The third-order valence-corrected chi connectivity index (χ3v) is 5.70. The minimum atomic E-state index is -1.09. The van der Waals surface area contributed by atoms with Crippen LogP contribution in [0, 0.1) is 11.3 Å². The quantitative estimate of drug-likeness (QED) is 0.495. The first kappa shape index (κ1) is 23.4. The number of amides is 4. The first-order valence-corrected chi connectivity index (χ1v) is 11.0. The van der Waals surface area contributed by atoms with Crippen LogP contribution in [-0.2, 0) is 22.6 Å². The average Bonchev–Trinajstić information content (AvgIpc) is 3.12. The van der Waals surface area contributed by atoms with Gasteiger partial charge in [0.1, 0.15) is 12.5 Å². The number of hydrogen-bond acceptors (Lipinski definition) is 5. The maximum Gasteiger partial charge on any atom is 0.262 e. The molecule has 0 bridgehead atoms. The smallest absolute Gasteiger partial charge is 0.262 e. The molecule has 1 unspecified atom stereocenters. The van der Waals surface area contributed by atoms with E-state index in [4.69, 9.17) is 5.26 Å². The largest absolute Gasteiger partial charge is 0.351 e. The highest BCUT2D eigenvalue weighted by Gasteiger charge is 2.42. The summed E-state index contributed by atoms with van der Waals surface area (Å²) in [4.78, 5) is 52.6. The molecule has 35 heavy (non-hydrogen) atoms. The first-order valence-electron chi connectivity index (χ1n) is 11.0.